The SMILES string of the molecule is CCCCCCCNC(=O)N(C)c1cccc(-c2ccc(CCC(=O)OC)cc2NCCC)c1. The largest absolute Gasteiger partial charge is 0.469 e. The Balaban J connectivity index is 2.12. The topological polar surface area (TPSA) is 70.7 Å². The van der Waals surface area contributed by atoms with Crippen LogP contribution in [-0.4, -0.2) is 39.2 Å². The highest BCUT2D eigenvalue weighted by Crippen LogP contribution is 2.32. The minimum atomic E-state index is -0.206. The lowest BCUT2D eigenvalue weighted by molar-refractivity contribution is -0.140. The van der Waals surface area contributed by atoms with Crippen molar-refractivity contribution < 1.29 is 14.3 Å². The summed E-state index contributed by atoms with van der Waals surface area (Å²) >= 11 is 0. The van der Waals surface area contributed by atoms with Gasteiger partial charge in [-0.1, -0.05) is 63.8 Å². The van der Waals surface area contributed by atoms with Gasteiger partial charge in [0.1, 0.15) is 0 Å². The second-order valence-corrected chi connectivity index (χ2v) is 8.64. The van der Waals surface area contributed by atoms with Crippen molar-refractivity contribution in [3.63, 3.8) is 0 Å². The van der Waals surface area contributed by atoms with Gasteiger partial charge in [-0.15, -0.1) is 0 Å². The van der Waals surface area contributed by atoms with Crippen LogP contribution in [0.1, 0.15) is 64.4 Å². The van der Waals surface area contributed by atoms with Crippen LogP contribution in [0.25, 0.3) is 11.1 Å². The molecule has 0 unspecified atom stereocenters. The van der Waals surface area contributed by atoms with Crippen LogP contribution in [0.15, 0.2) is 42.5 Å². The second kappa shape index (κ2) is 15.0. The Morgan fingerprint density at radius 3 is 2.47 bits per heavy atom. The molecule has 0 heterocycles. The number of methoxy groups -OCH3 is 1. The number of nitrogens with one attached hydrogen (secondary N) is 2. The van der Waals surface area contributed by atoms with Gasteiger partial charge in [0.15, 0.2) is 0 Å². The maximum Gasteiger partial charge on any atom is 0.321 e. The fourth-order valence-electron chi connectivity index (χ4n) is 3.79. The summed E-state index contributed by atoms with van der Waals surface area (Å²) < 4.78 is 4.77. The number of unbranched alkanes of at least 4 members (excludes halogenated alkanes) is 4. The monoisotopic (exact) mass is 467 g/mol. The number of carbonyl (C=O) groups excluding carboxylic acids is 2. The zero-order valence-corrected chi connectivity index (χ0v) is 21.3. The maximum atomic E-state index is 12.6. The Kier molecular flexibility index (Phi) is 12.0. The molecule has 0 aromatic heterocycles. The molecule has 0 saturated heterocycles. The fourth-order valence-corrected chi connectivity index (χ4v) is 3.79. The van der Waals surface area contributed by atoms with Crippen LogP contribution in [-0.2, 0) is 16.0 Å². The van der Waals surface area contributed by atoms with Crippen LogP contribution in [0.5, 0.6) is 0 Å². The summed E-state index contributed by atoms with van der Waals surface area (Å²) in [5.41, 5.74) is 5.06. The van der Waals surface area contributed by atoms with Crippen molar-refractivity contribution in [2.75, 3.05) is 37.5 Å². The van der Waals surface area contributed by atoms with Crippen LogP contribution in [0.2, 0.25) is 0 Å². The first-order chi connectivity index (χ1) is 16.5. The van der Waals surface area contributed by atoms with Crippen LogP contribution < -0.4 is 15.5 Å². The number of hydrogen-bond donors (Lipinski definition) is 2. The predicted octanol–water partition coefficient (Wildman–Crippen LogP) is 6.40. The molecule has 2 N–H and O–H groups in total. The Morgan fingerprint density at radius 2 is 1.74 bits per heavy atom. The lowest BCUT2D eigenvalue weighted by Gasteiger charge is -2.20. The van der Waals surface area contributed by atoms with Gasteiger partial charge in [-0.2, -0.15) is 0 Å². The molecule has 2 rings (SSSR count). The van der Waals surface area contributed by atoms with E-state index in [1.54, 1.807) is 11.9 Å². The van der Waals surface area contributed by atoms with E-state index in [4.69, 9.17) is 4.74 Å². The number of ether oxygens (including phenoxy) is 1. The zero-order valence-electron chi connectivity index (χ0n) is 21.3. The lowest BCUT2D eigenvalue weighted by Crippen LogP contribution is -2.37. The molecule has 0 saturated carbocycles. The minimum absolute atomic E-state index is 0.0878. The molecule has 186 valence electrons. The highest BCUT2D eigenvalue weighted by molar-refractivity contribution is 5.92. The first-order valence-corrected chi connectivity index (χ1v) is 12.6. The van der Waals surface area contributed by atoms with Crippen molar-refractivity contribution in [2.24, 2.45) is 0 Å². The van der Waals surface area contributed by atoms with Gasteiger partial charge in [0, 0.05) is 43.5 Å². The van der Waals surface area contributed by atoms with Gasteiger partial charge in [-0.05, 0) is 48.6 Å². The molecule has 34 heavy (non-hydrogen) atoms. The molecular weight excluding hydrogens is 426 g/mol. The first kappa shape index (κ1) is 27.2. The summed E-state index contributed by atoms with van der Waals surface area (Å²) in [6.07, 6.45) is 7.85. The predicted molar refractivity (Wildman–Crippen MR) is 142 cm³/mol. The highest BCUT2D eigenvalue weighted by Gasteiger charge is 2.13. The third-order valence-electron chi connectivity index (χ3n) is 5.90. The van der Waals surface area contributed by atoms with Crippen molar-refractivity contribution in [1.29, 1.82) is 0 Å². The Labute approximate surface area is 205 Å². The molecule has 0 bridgehead atoms. The molecule has 0 aliphatic rings. The average Bonchev–Trinajstić information content (AvgIpc) is 2.87. The lowest BCUT2D eigenvalue weighted by atomic mass is 9.99. The third kappa shape index (κ3) is 8.73. The molecule has 0 atom stereocenters. The van der Waals surface area contributed by atoms with Gasteiger partial charge >= 0.3 is 12.0 Å². The van der Waals surface area contributed by atoms with E-state index in [2.05, 4.69) is 48.7 Å². The molecule has 6 heteroatoms. The maximum absolute atomic E-state index is 12.6. The quantitative estimate of drug-likeness (QED) is 0.249. The first-order valence-electron chi connectivity index (χ1n) is 12.6. The average molecular weight is 468 g/mol. The van der Waals surface area contributed by atoms with E-state index in [9.17, 15) is 9.59 Å². The van der Waals surface area contributed by atoms with Gasteiger partial charge in [0.2, 0.25) is 0 Å². The van der Waals surface area contributed by atoms with E-state index in [0.29, 0.717) is 19.4 Å². The molecule has 0 fully saturated rings. The number of benzene rings is 2. The summed E-state index contributed by atoms with van der Waals surface area (Å²) in [6, 6.07) is 14.2. The Bertz CT molecular complexity index is 914. The van der Waals surface area contributed by atoms with E-state index in [0.717, 1.165) is 53.9 Å². The van der Waals surface area contributed by atoms with Crippen molar-refractivity contribution >= 4 is 23.4 Å². The van der Waals surface area contributed by atoms with E-state index in [-0.39, 0.29) is 12.0 Å². The van der Waals surface area contributed by atoms with Crippen molar-refractivity contribution in [3.05, 3.63) is 48.0 Å². The molecule has 2 amide bonds. The Hall–Kier alpha value is -3.02. The highest BCUT2D eigenvalue weighted by atomic mass is 16.5. The number of esters is 1. The third-order valence-corrected chi connectivity index (χ3v) is 5.90. The van der Waals surface area contributed by atoms with E-state index < -0.39 is 0 Å². The smallest absolute Gasteiger partial charge is 0.321 e. The number of carbonyl (C=O) groups is 2. The number of amides is 2. The van der Waals surface area contributed by atoms with Crippen LogP contribution >= 0.6 is 0 Å². The minimum Gasteiger partial charge on any atom is -0.469 e. The Morgan fingerprint density at radius 1 is 0.941 bits per heavy atom. The van der Waals surface area contributed by atoms with Crippen LogP contribution in [0.3, 0.4) is 0 Å². The molecule has 0 aliphatic carbocycles. The standard InChI is InChI=1S/C28H41N3O3/c1-5-7-8-9-10-19-30-28(33)31(3)24-13-11-12-23(21-24)25-16-14-22(15-17-27(32)34-4)20-26(25)29-18-6-2/h11-14,16,20-21,29H,5-10,15,17-19H2,1-4H3,(H,30,33). The summed E-state index contributed by atoms with van der Waals surface area (Å²) in [6.45, 7) is 5.89. The number of hydrogen-bond acceptors (Lipinski definition) is 4. The molecule has 0 spiro atoms. The number of rotatable bonds is 14. The number of anilines is 2. The summed E-state index contributed by atoms with van der Waals surface area (Å²) in [7, 11) is 3.22. The van der Waals surface area contributed by atoms with Gasteiger partial charge in [0.05, 0.1) is 7.11 Å². The van der Waals surface area contributed by atoms with Gasteiger partial charge < -0.3 is 15.4 Å². The molecule has 0 radical (unpaired) electrons. The summed E-state index contributed by atoms with van der Waals surface area (Å²) in [5, 5.41) is 6.54. The van der Waals surface area contributed by atoms with E-state index in [1.165, 1.54) is 26.4 Å². The molecule has 2 aromatic carbocycles. The summed E-state index contributed by atoms with van der Waals surface area (Å²) in [4.78, 5) is 25.9. The molecule has 6 nitrogen and oxygen atoms in total. The summed E-state index contributed by atoms with van der Waals surface area (Å²) in [5.74, 6) is -0.206. The van der Waals surface area contributed by atoms with Gasteiger partial charge in [0.25, 0.3) is 0 Å². The fraction of sp³-hybridized carbons (Fsp3) is 0.500. The zero-order chi connectivity index (χ0) is 24.8. The van der Waals surface area contributed by atoms with Crippen molar-refractivity contribution in [2.45, 2.75) is 65.2 Å². The number of aryl methyl sites for hydroxylation is 1. The van der Waals surface area contributed by atoms with Crippen molar-refractivity contribution in [3.8, 4) is 11.1 Å². The van der Waals surface area contributed by atoms with Crippen molar-refractivity contribution in [1.82, 2.24) is 5.32 Å². The van der Waals surface area contributed by atoms with Crippen LogP contribution in [0.4, 0.5) is 16.2 Å². The van der Waals surface area contributed by atoms with Gasteiger partial charge in [-0.3, -0.25) is 9.69 Å². The van der Waals surface area contributed by atoms with E-state index >= 15 is 0 Å². The molecule has 2 aromatic rings. The van der Waals surface area contributed by atoms with Crippen LogP contribution in [0, 0.1) is 0 Å². The van der Waals surface area contributed by atoms with Gasteiger partial charge in [-0.25, -0.2) is 4.79 Å². The van der Waals surface area contributed by atoms with E-state index in [1.807, 2.05) is 18.2 Å². The normalized spacial score (nSPS) is 10.6. The number of urea groups is 1. The molecular formula is C28H41N3O3. The number of nitrogens with zero attached hydrogens (tertiary/aromatic N) is 1. The molecule has 0 aliphatic heterocycles. The second-order valence-electron chi connectivity index (χ2n) is 8.64.